The summed E-state index contributed by atoms with van der Waals surface area (Å²) in [5.74, 6) is -1.59. The number of aromatic nitrogens is 2. The highest BCUT2D eigenvalue weighted by molar-refractivity contribution is 5.96. The molecule has 1 amide bonds. The molecule has 0 saturated carbocycles. The fraction of sp³-hybridized carbons (Fsp3) is 0.250. The summed E-state index contributed by atoms with van der Waals surface area (Å²) in [5, 5.41) is 4.04. The highest BCUT2D eigenvalue weighted by Gasteiger charge is 2.35. The van der Waals surface area contributed by atoms with E-state index in [1.54, 1.807) is 0 Å². The second-order valence-corrected chi connectivity index (χ2v) is 6.78. The van der Waals surface area contributed by atoms with Crippen LogP contribution in [0.15, 0.2) is 40.9 Å². The van der Waals surface area contributed by atoms with Gasteiger partial charge in [0.15, 0.2) is 11.6 Å². The average Bonchev–Trinajstić information content (AvgIpc) is 3.24. The van der Waals surface area contributed by atoms with Gasteiger partial charge in [-0.15, -0.1) is 0 Å². The van der Waals surface area contributed by atoms with Crippen LogP contribution < -0.4 is 4.90 Å². The number of carbonyl (C=O) groups excluding carboxylic acids is 1. The van der Waals surface area contributed by atoms with Crippen molar-refractivity contribution in [2.45, 2.75) is 26.2 Å². The highest BCUT2D eigenvalue weighted by atomic mass is 19.2. The Morgan fingerprint density at radius 2 is 1.93 bits per heavy atom. The number of amides is 1. The van der Waals surface area contributed by atoms with Crippen molar-refractivity contribution in [1.29, 1.82) is 0 Å². The Labute approximate surface area is 154 Å². The lowest BCUT2D eigenvalue weighted by atomic mass is 10.1. The summed E-state index contributed by atoms with van der Waals surface area (Å²) in [6, 6.07) is 9.36. The van der Waals surface area contributed by atoms with E-state index in [4.69, 9.17) is 4.52 Å². The normalized spacial score (nSPS) is 17.0. The first kappa shape index (κ1) is 17.3. The zero-order valence-electron chi connectivity index (χ0n) is 14.9. The maximum atomic E-state index is 13.5. The lowest BCUT2D eigenvalue weighted by Crippen LogP contribution is -2.24. The van der Waals surface area contributed by atoms with Crippen molar-refractivity contribution in [1.82, 2.24) is 10.1 Å². The van der Waals surface area contributed by atoms with E-state index in [0.29, 0.717) is 17.4 Å². The van der Waals surface area contributed by atoms with Crippen molar-refractivity contribution >= 4 is 11.6 Å². The molecule has 0 aliphatic carbocycles. The minimum Gasteiger partial charge on any atom is -0.339 e. The van der Waals surface area contributed by atoms with Crippen molar-refractivity contribution in [3.63, 3.8) is 0 Å². The first-order valence-electron chi connectivity index (χ1n) is 8.59. The van der Waals surface area contributed by atoms with Gasteiger partial charge < -0.3 is 9.42 Å². The van der Waals surface area contributed by atoms with Crippen LogP contribution in [-0.4, -0.2) is 22.6 Å². The standard InChI is InChI=1S/C20H17F2N3O2/c1-11-3-5-15(12(2)7-11)19-23-20(27-24-19)13-8-18(26)25(10-13)14-4-6-16(21)17(22)9-14/h3-7,9,13H,8,10H2,1-2H3. The molecule has 1 aromatic heterocycles. The van der Waals surface area contributed by atoms with E-state index in [2.05, 4.69) is 10.1 Å². The topological polar surface area (TPSA) is 59.2 Å². The molecule has 138 valence electrons. The maximum Gasteiger partial charge on any atom is 0.232 e. The molecular formula is C20H17F2N3O2. The lowest BCUT2D eigenvalue weighted by Gasteiger charge is -2.16. The quantitative estimate of drug-likeness (QED) is 0.696. The number of hydrogen-bond donors (Lipinski definition) is 0. The van der Waals surface area contributed by atoms with E-state index in [1.165, 1.54) is 11.0 Å². The zero-order chi connectivity index (χ0) is 19.1. The molecule has 27 heavy (non-hydrogen) atoms. The highest BCUT2D eigenvalue weighted by Crippen LogP contribution is 2.33. The Hall–Kier alpha value is -3.09. The third-order valence-corrected chi connectivity index (χ3v) is 4.75. The molecule has 1 fully saturated rings. The molecule has 7 heteroatoms. The van der Waals surface area contributed by atoms with E-state index in [1.807, 2.05) is 32.0 Å². The van der Waals surface area contributed by atoms with Crippen LogP contribution in [0.4, 0.5) is 14.5 Å². The van der Waals surface area contributed by atoms with Crippen molar-refractivity contribution in [2.24, 2.45) is 0 Å². The summed E-state index contributed by atoms with van der Waals surface area (Å²) < 4.78 is 32.0. The molecule has 4 rings (SSSR count). The number of nitrogens with zero attached hydrogens (tertiary/aromatic N) is 3. The maximum absolute atomic E-state index is 13.5. The van der Waals surface area contributed by atoms with E-state index in [0.717, 1.165) is 28.8 Å². The van der Waals surface area contributed by atoms with E-state index in [9.17, 15) is 13.6 Å². The minimum atomic E-state index is -0.987. The van der Waals surface area contributed by atoms with Gasteiger partial charge in [0.25, 0.3) is 0 Å². The molecule has 2 aromatic carbocycles. The van der Waals surface area contributed by atoms with Crippen LogP contribution in [0.25, 0.3) is 11.4 Å². The Morgan fingerprint density at radius 1 is 1.11 bits per heavy atom. The van der Waals surface area contributed by atoms with Gasteiger partial charge in [0.05, 0.1) is 5.92 Å². The molecule has 0 radical (unpaired) electrons. The van der Waals surface area contributed by atoms with Gasteiger partial charge in [-0.1, -0.05) is 28.9 Å². The monoisotopic (exact) mass is 369 g/mol. The first-order valence-corrected chi connectivity index (χ1v) is 8.59. The number of carbonyl (C=O) groups is 1. The number of halogens is 2. The second kappa shape index (κ2) is 6.57. The summed E-state index contributed by atoms with van der Waals surface area (Å²) in [4.78, 5) is 18.2. The SMILES string of the molecule is Cc1ccc(-c2noc(C3CC(=O)N(c4ccc(F)c(F)c4)C3)n2)c(C)c1. The molecule has 0 bridgehead atoms. The summed E-state index contributed by atoms with van der Waals surface area (Å²) in [6.45, 7) is 4.26. The Morgan fingerprint density at radius 3 is 2.67 bits per heavy atom. The fourth-order valence-electron chi connectivity index (χ4n) is 3.35. The van der Waals surface area contributed by atoms with Gasteiger partial charge in [-0.05, 0) is 31.5 Å². The molecule has 2 heterocycles. The van der Waals surface area contributed by atoms with Crippen LogP contribution in [0.2, 0.25) is 0 Å². The van der Waals surface area contributed by atoms with Gasteiger partial charge in [-0.25, -0.2) is 8.78 Å². The van der Waals surface area contributed by atoms with Crippen LogP contribution in [0.1, 0.15) is 29.4 Å². The number of aryl methyl sites for hydroxylation is 2. The van der Waals surface area contributed by atoms with Gasteiger partial charge in [-0.3, -0.25) is 4.79 Å². The Balaban J connectivity index is 1.57. The third-order valence-electron chi connectivity index (χ3n) is 4.75. The largest absolute Gasteiger partial charge is 0.339 e. The van der Waals surface area contributed by atoms with Crippen LogP contribution in [-0.2, 0) is 4.79 Å². The molecule has 1 aliphatic heterocycles. The van der Waals surface area contributed by atoms with Crippen molar-refractivity contribution in [2.75, 3.05) is 11.4 Å². The van der Waals surface area contributed by atoms with Crippen molar-refractivity contribution in [3.8, 4) is 11.4 Å². The number of anilines is 1. The molecule has 1 aliphatic rings. The lowest BCUT2D eigenvalue weighted by molar-refractivity contribution is -0.117. The fourth-order valence-corrected chi connectivity index (χ4v) is 3.35. The molecule has 0 N–H and O–H groups in total. The van der Waals surface area contributed by atoms with Crippen LogP contribution in [0.3, 0.4) is 0 Å². The third kappa shape index (κ3) is 3.20. The number of benzene rings is 2. The first-order chi connectivity index (χ1) is 12.9. The Bertz CT molecular complexity index is 1030. The molecule has 5 nitrogen and oxygen atoms in total. The molecule has 0 spiro atoms. The average molecular weight is 369 g/mol. The number of rotatable bonds is 3. The second-order valence-electron chi connectivity index (χ2n) is 6.78. The van der Waals surface area contributed by atoms with E-state index < -0.39 is 11.6 Å². The summed E-state index contributed by atoms with van der Waals surface area (Å²) in [7, 11) is 0. The predicted octanol–water partition coefficient (Wildman–Crippen LogP) is 4.15. The van der Waals surface area contributed by atoms with Gasteiger partial charge in [0, 0.05) is 30.3 Å². The Kier molecular flexibility index (Phi) is 4.22. The summed E-state index contributed by atoms with van der Waals surface area (Å²) >= 11 is 0. The van der Waals surface area contributed by atoms with E-state index in [-0.39, 0.29) is 24.8 Å². The van der Waals surface area contributed by atoms with Crippen LogP contribution in [0.5, 0.6) is 0 Å². The summed E-state index contributed by atoms with van der Waals surface area (Å²) in [6.07, 6.45) is 0.174. The van der Waals surface area contributed by atoms with Crippen LogP contribution in [0, 0.1) is 25.5 Å². The summed E-state index contributed by atoms with van der Waals surface area (Å²) in [5.41, 5.74) is 3.37. The number of hydrogen-bond acceptors (Lipinski definition) is 4. The molecule has 1 unspecified atom stereocenters. The minimum absolute atomic E-state index is 0.174. The molecule has 1 saturated heterocycles. The zero-order valence-corrected chi connectivity index (χ0v) is 14.9. The predicted molar refractivity (Wildman–Crippen MR) is 95.3 cm³/mol. The molecular weight excluding hydrogens is 352 g/mol. The van der Waals surface area contributed by atoms with Gasteiger partial charge >= 0.3 is 0 Å². The van der Waals surface area contributed by atoms with Crippen molar-refractivity contribution in [3.05, 3.63) is 65.1 Å². The van der Waals surface area contributed by atoms with Gasteiger partial charge in [0.2, 0.25) is 17.6 Å². The van der Waals surface area contributed by atoms with Crippen molar-refractivity contribution < 1.29 is 18.1 Å². The molecule has 1 atom stereocenters. The van der Waals surface area contributed by atoms with Gasteiger partial charge in [-0.2, -0.15) is 4.98 Å². The molecule has 3 aromatic rings. The smallest absolute Gasteiger partial charge is 0.232 e. The van der Waals surface area contributed by atoms with E-state index >= 15 is 0 Å². The van der Waals surface area contributed by atoms with Crippen LogP contribution >= 0.6 is 0 Å². The van der Waals surface area contributed by atoms with Gasteiger partial charge in [0.1, 0.15) is 0 Å².